The van der Waals surface area contributed by atoms with Gasteiger partial charge in [-0.25, -0.2) is 13.8 Å². The van der Waals surface area contributed by atoms with Gasteiger partial charge in [0.25, 0.3) is 5.91 Å². The number of amides is 1. The number of rotatable bonds is 2. The summed E-state index contributed by atoms with van der Waals surface area (Å²) < 4.78 is 25.7. The Kier molecular flexibility index (Phi) is 3.38. The monoisotopic (exact) mass is 268 g/mol. The lowest BCUT2D eigenvalue weighted by Gasteiger charge is -2.04. The number of hydrogen-bond acceptors (Lipinski definition) is 3. The molecule has 0 saturated carbocycles. The van der Waals surface area contributed by atoms with Crippen LogP contribution in [0.3, 0.4) is 0 Å². The number of halogens is 2. The number of carbonyl (C=O) groups is 1. The quantitative estimate of drug-likeness (QED) is 0.908. The third kappa shape index (κ3) is 2.53. The van der Waals surface area contributed by atoms with E-state index in [1.54, 1.807) is 13.8 Å². The molecule has 1 amide bonds. The number of anilines is 1. The van der Waals surface area contributed by atoms with Crippen LogP contribution in [0.2, 0.25) is 0 Å². The van der Waals surface area contributed by atoms with Gasteiger partial charge in [0.2, 0.25) is 0 Å². The van der Waals surface area contributed by atoms with Gasteiger partial charge in [-0.15, -0.1) is 11.3 Å². The maximum Gasteiger partial charge on any atom is 0.267 e. The van der Waals surface area contributed by atoms with Crippen LogP contribution in [0.1, 0.15) is 20.4 Å². The van der Waals surface area contributed by atoms with Crippen molar-refractivity contribution < 1.29 is 13.6 Å². The molecule has 1 aromatic carbocycles. The first kappa shape index (κ1) is 12.6. The summed E-state index contributed by atoms with van der Waals surface area (Å²) in [6.07, 6.45) is 0. The molecule has 0 bridgehead atoms. The zero-order valence-corrected chi connectivity index (χ0v) is 10.6. The molecule has 0 fully saturated rings. The fraction of sp³-hybridized carbons (Fsp3) is 0.167. The average molecular weight is 268 g/mol. The number of aryl methyl sites for hydroxylation is 2. The Balaban J connectivity index is 2.21. The highest BCUT2D eigenvalue weighted by atomic mass is 32.1. The van der Waals surface area contributed by atoms with Crippen LogP contribution in [0.25, 0.3) is 0 Å². The Hall–Kier alpha value is -1.82. The van der Waals surface area contributed by atoms with Gasteiger partial charge < -0.3 is 5.32 Å². The molecule has 18 heavy (non-hydrogen) atoms. The Morgan fingerprint density at radius 1 is 1.28 bits per heavy atom. The minimum absolute atomic E-state index is 0.212. The fourth-order valence-corrected chi connectivity index (χ4v) is 2.32. The zero-order valence-electron chi connectivity index (χ0n) is 9.75. The smallest absolute Gasteiger partial charge is 0.267 e. The molecule has 3 nitrogen and oxygen atoms in total. The highest BCUT2D eigenvalue weighted by molar-refractivity contribution is 7.13. The van der Waals surface area contributed by atoms with Gasteiger partial charge in [0.15, 0.2) is 11.6 Å². The van der Waals surface area contributed by atoms with Crippen molar-refractivity contribution in [3.8, 4) is 0 Å². The number of thiazole rings is 1. The first-order valence-electron chi connectivity index (χ1n) is 5.18. The van der Waals surface area contributed by atoms with E-state index < -0.39 is 11.6 Å². The van der Waals surface area contributed by atoms with E-state index >= 15 is 0 Å². The highest BCUT2D eigenvalue weighted by Crippen LogP contribution is 2.20. The predicted octanol–water partition coefficient (Wildman–Crippen LogP) is 3.29. The van der Waals surface area contributed by atoms with Crippen molar-refractivity contribution in [1.82, 2.24) is 4.98 Å². The van der Waals surface area contributed by atoms with Crippen LogP contribution in [0.5, 0.6) is 0 Å². The first-order valence-corrected chi connectivity index (χ1v) is 5.99. The van der Waals surface area contributed by atoms with Gasteiger partial charge in [-0.05, 0) is 26.0 Å². The van der Waals surface area contributed by atoms with Crippen LogP contribution in [-0.4, -0.2) is 10.9 Å². The van der Waals surface area contributed by atoms with Crippen LogP contribution >= 0.6 is 11.3 Å². The summed E-state index contributed by atoms with van der Waals surface area (Å²) in [6, 6.07) is 3.21. The molecule has 2 rings (SSSR count). The van der Waals surface area contributed by atoms with Gasteiger partial charge >= 0.3 is 0 Å². The van der Waals surface area contributed by atoms with Crippen molar-refractivity contribution in [2.24, 2.45) is 0 Å². The maximum absolute atomic E-state index is 13.0. The Morgan fingerprint density at radius 2 is 2.00 bits per heavy atom. The second-order valence-corrected chi connectivity index (χ2v) is 4.93. The summed E-state index contributed by atoms with van der Waals surface area (Å²) in [5, 5.41) is 3.29. The number of nitrogens with zero attached hydrogens (tertiary/aromatic N) is 1. The van der Waals surface area contributed by atoms with Crippen molar-refractivity contribution in [2.45, 2.75) is 13.8 Å². The molecule has 0 radical (unpaired) electrons. The van der Waals surface area contributed by atoms with E-state index in [4.69, 9.17) is 0 Å². The van der Waals surface area contributed by atoms with Gasteiger partial charge in [0, 0.05) is 11.8 Å². The van der Waals surface area contributed by atoms with E-state index in [0.717, 1.165) is 17.1 Å². The molecule has 0 saturated heterocycles. The molecule has 0 aliphatic rings. The molecule has 1 N–H and O–H groups in total. The third-order valence-electron chi connectivity index (χ3n) is 2.29. The molecule has 0 spiro atoms. The second-order valence-electron chi connectivity index (χ2n) is 3.73. The number of hydrogen-bond donors (Lipinski definition) is 1. The lowest BCUT2D eigenvalue weighted by molar-refractivity contribution is 0.103. The summed E-state index contributed by atoms with van der Waals surface area (Å²) in [7, 11) is 0. The zero-order chi connectivity index (χ0) is 13.3. The van der Waals surface area contributed by atoms with Crippen LogP contribution in [0.15, 0.2) is 18.2 Å². The molecule has 6 heteroatoms. The Bertz CT molecular complexity index is 610. The van der Waals surface area contributed by atoms with E-state index in [9.17, 15) is 13.6 Å². The summed E-state index contributed by atoms with van der Waals surface area (Å²) >= 11 is 1.26. The molecular weight excluding hydrogens is 258 g/mol. The van der Waals surface area contributed by atoms with E-state index in [0.29, 0.717) is 10.6 Å². The van der Waals surface area contributed by atoms with Crippen molar-refractivity contribution in [1.29, 1.82) is 0 Å². The van der Waals surface area contributed by atoms with Crippen LogP contribution in [0.4, 0.5) is 14.5 Å². The predicted molar refractivity (Wildman–Crippen MR) is 65.9 cm³/mol. The largest absolute Gasteiger partial charge is 0.321 e. The van der Waals surface area contributed by atoms with Crippen LogP contribution < -0.4 is 5.32 Å². The molecule has 0 unspecified atom stereocenters. The minimum atomic E-state index is -0.995. The standard InChI is InChI=1S/C12H10F2N2OS/c1-6-11(18-7(2)15-6)12(17)16-8-3-4-9(13)10(14)5-8/h3-5H,1-2H3,(H,16,17). The molecule has 0 aliphatic carbocycles. The van der Waals surface area contributed by atoms with Crippen molar-refractivity contribution in [3.63, 3.8) is 0 Å². The van der Waals surface area contributed by atoms with Crippen molar-refractivity contribution in [3.05, 3.63) is 45.4 Å². The molecule has 0 aliphatic heterocycles. The lowest BCUT2D eigenvalue weighted by Crippen LogP contribution is -2.11. The summed E-state index contributed by atoms with van der Waals surface area (Å²) in [5.74, 6) is -2.31. The van der Waals surface area contributed by atoms with E-state index in [1.165, 1.54) is 17.4 Å². The first-order chi connectivity index (χ1) is 8.47. The SMILES string of the molecule is Cc1nc(C)c(C(=O)Nc2ccc(F)c(F)c2)s1. The Labute approximate surface area is 106 Å². The molecule has 2 aromatic rings. The number of benzene rings is 1. The van der Waals surface area contributed by atoms with Gasteiger partial charge in [0.05, 0.1) is 10.7 Å². The van der Waals surface area contributed by atoms with Crippen molar-refractivity contribution in [2.75, 3.05) is 5.32 Å². The number of aromatic nitrogens is 1. The Morgan fingerprint density at radius 3 is 2.56 bits per heavy atom. The molecule has 0 atom stereocenters. The lowest BCUT2D eigenvalue weighted by atomic mass is 10.3. The second kappa shape index (κ2) is 4.81. The number of nitrogens with one attached hydrogen (secondary N) is 1. The van der Waals surface area contributed by atoms with Gasteiger partial charge in [-0.2, -0.15) is 0 Å². The van der Waals surface area contributed by atoms with Crippen molar-refractivity contribution >= 4 is 22.9 Å². The van der Waals surface area contributed by atoms with Gasteiger partial charge in [-0.3, -0.25) is 4.79 Å². The van der Waals surface area contributed by atoms with Crippen LogP contribution in [0, 0.1) is 25.5 Å². The maximum atomic E-state index is 13.0. The van der Waals surface area contributed by atoms with Crippen LogP contribution in [-0.2, 0) is 0 Å². The highest BCUT2D eigenvalue weighted by Gasteiger charge is 2.14. The number of carbonyl (C=O) groups excluding carboxylic acids is 1. The molecule has 94 valence electrons. The normalized spacial score (nSPS) is 10.4. The third-order valence-corrected chi connectivity index (χ3v) is 3.36. The van der Waals surface area contributed by atoms with E-state index in [2.05, 4.69) is 10.3 Å². The summed E-state index contributed by atoms with van der Waals surface area (Å²) in [4.78, 5) is 16.5. The van der Waals surface area contributed by atoms with E-state index in [-0.39, 0.29) is 11.6 Å². The fourth-order valence-electron chi connectivity index (χ4n) is 1.50. The molecule has 1 heterocycles. The molecule has 1 aromatic heterocycles. The van der Waals surface area contributed by atoms with E-state index in [1.807, 2.05) is 0 Å². The molecular formula is C12H10F2N2OS. The minimum Gasteiger partial charge on any atom is -0.321 e. The summed E-state index contributed by atoms with van der Waals surface area (Å²) in [5.41, 5.74) is 0.835. The summed E-state index contributed by atoms with van der Waals surface area (Å²) in [6.45, 7) is 3.52. The average Bonchev–Trinajstić information content (AvgIpc) is 2.63. The van der Waals surface area contributed by atoms with Gasteiger partial charge in [-0.1, -0.05) is 0 Å². The van der Waals surface area contributed by atoms with Gasteiger partial charge in [0.1, 0.15) is 4.88 Å². The topological polar surface area (TPSA) is 42.0 Å².